The van der Waals surface area contributed by atoms with E-state index in [-0.39, 0.29) is 10.9 Å². The molecule has 0 aliphatic carbocycles. The van der Waals surface area contributed by atoms with Gasteiger partial charge in [-0.1, -0.05) is 19.9 Å². The zero-order chi connectivity index (χ0) is 14.5. The SMILES string of the molecule is CCC(CC)NC(=O)CS(=O)(=O)c1cccc(F)c1. The topological polar surface area (TPSA) is 63.2 Å². The molecule has 1 aromatic carbocycles. The van der Waals surface area contributed by atoms with Crippen LogP contribution in [0.1, 0.15) is 26.7 Å². The van der Waals surface area contributed by atoms with Crippen molar-refractivity contribution < 1.29 is 17.6 Å². The Hall–Kier alpha value is -1.43. The van der Waals surface area contributed by atoms with E-state index in [1.54, 1.807) is 0 Å². The summed E-state index contributed by atoms with van der Waals surface area (Å²) in [6, 6.07) is 4.63. The van der Waals surface area contributed by atoms with Crippen LogP contribution < -0.4 is 5.32 Å². The lowest BCUT2D eigenvalue weighted by Crippen LogP contribution is -2.37. The molecule has 0 unspecified atom stereocenters. The van der Waals surface area contributed by atoms with Gasteiger partial charge in [-0.15, -0.1) is 0 Å². The second-order valence-electron chi connectivity index (χ2n) is 4.30. The minimum Gasteiger partial charge on any atom is -0.353 e. The highest BCUT2D eigenvalue weighted by Gasteiger charge is 2.20. The first-order valence-electron chi connectivity index (χ1n) is 6.16. The van der Waals surface area contributed by atoms with Crippen molar-refractivity contribution in [2.24, 2.45) is 0 Å². The highest BCUT2D eigenvalue weighted by Crippen LogP contribution is 2.12. The summed E-state index contributed by atoms with van der Waals surface area (Å²) >= 11 is 0. The molecule has 19 heavy (non-hydrogen) atoms. The number of carbonyl (C=O) groups is 1. The van der Waals surface area contributed by atoms with E-state index in [2.05, 4.69) is 5.32 Å². The number of rotatable bonds is 6. The number of benzene rings is 1. The lowest BCUT2D eigenvalue weighted by Gasteiger charge is -2.14. The quantitative estimate of drug-likeness (QED) is 0.869. The predicted molar refractivity (Wildman–Crippen MR) is 71.0 cm³/mol. The average molecular weight is 287 g/mol. The molecule has 0 radical (unpaired) electrons. The van der Waals surface area contributed by atoms with Crippen molar-refractivity contribution in [3.63, 3.8) is 0 Å². The van der Waals surface area contributed by atoms with Gasteiger partial charge in [-0.2, -0.15) is 0 Å². The molecule has 106 valence electrons. The van der Waals surface area contributed by atoms with Crippen LogP contribution in [-0.2, 0) is 14.6 Å². The fourth-order valence-electron chi connectivity index (χ4n) is 1.68. The monoisotopic (exact) mass is 287 g/mol. The van der Waals surface area contributed by atoms with Crippen LogP contribution in [0.5, 0.6) is 0 Å². The standard InChI is InChI=1S/C13H18FNO3S/c1-3-11(4-2)15-13(16)9-19(17,18)12-7-5-6-10(14)8-12/h5-8,11H,3-4,9H2,1-2H3,(H,15,16). The summed E-state index contributed by atoms with van der Waals surface area (Å²) < 4.78 is 36.8. The molecule has 0 saturated heterocycles. The Bertz CT molecular complexity index is 539. The van der Waals surface area contributed by atoms with Gasteiger partial charge in [0.15, 0.2) is 9.84 Å². The summed E-state index contributed by atoms with van der Waals surface area (Å²) in [5.74, 6) is -1.85. The van der Waals surface area contributed by atoms with Gasteiger partial charge >= 0.3 is 0 Å². The van der Waals surface area contributed by atoms with Crippen LogP contribution in [0.4, 0.5) is 4.39 Å². The van der Waals surface area contributed by atoms with Crippen LogP contribution in [0.15, 0.2) is 29.2 Å². The third-order valence-corrected chi connectivity index (χ3v) is 4.44. The van der Waals surface area contributed by atoms with Gasteiger partial charge in [0, 0.05) is 6.04 Å². The summed E-state index contributed by atoms with van der Waals surface area (Å²) in [6.45, 7) is 3.82. The van der Waals surface area contributed by atoms with E-state index in [0.29, 0.717) is 0 Å². The van der Waals surface area contributed by atoms with E-state index in [0.717, 1.165) is 25.0 Å². The number of hydrogen-bond acceptors (Lipinski definition) is 3. The van der Waals surface area contributed by atoms with E-state index in [1.807, 2.05) is 13.8 Å². The van der Waals surface area contributed by atoms with Crippen LogP contribution in [0.2, 0.25) is 0 Å². The Labute approximate surface area is 112 Å². The predicted octanol–water partition coefficient (Wildman–Crippen LogP) is 1.90. The fraction of sp³-hybridized carbons (Fsp3) is 0.462. The van der Waals surface area contributed by atoms with Crippen molar-refractivity contribution in [3.8, 4) is 0 Å². The van der Waals surface area contributed by atoms with Crippen molar-refractivity contribution in [3.05, 3.63) is 30.1 Å². The van der Waals surface area contributed by atoms with Crippen molar-refractivity contribution >= 4 is 15.7 Å². The number of nitrogens with one attached hydrogen (secondary N) is 1. The Morgan fingerprint density at radius 2 is 1.95 bits per heavy atom. The molecule has 0 aliphatic heterocycles. The van der Waals surface area contributed by atoms with Crippen molar-refractivity contribution in [2.75, 3.05) is 5.75 Å². The van der Waals surface area contributed by atoms with E-state index in [4.69, 9.17) is 0 Å². The zero-order valence-electron chi connectivity index (χ0n) is 11.0. The molecule has 6 heteroatoms. The van der Waals surface area contributed by atoms with Crippen LogP contribution in [-0.4, -0.2) is 26.1 Å². The Balaban J connectivity index is 2.78. The van der Waals surface area contributed by atoms with Crippen LogP contribution >= 0.6 is 0 Å². The Kier molecular flexibility index (Phi) is 5.47. The normalized spacial score (nSPS) is 11.6. The summed E-state index contributed by atoms with van der Waals surface area (Å²) in [4.78, 5) is 11.5. The highest BCUT2D eigenvalue weighted by atomic mass is 32.2. The zero-order valence-corrected chi connectivity index (χ0v) is 11.8. The minimum atomic E-state index is -3.80. The van der Waals surface area contributed by atoms with Crippen molar-refractivity contribution in [2.45, 2.75) is 37.6 Å². The lowest BCUT2D eigenvalue weighted by atomic mass is 10.2. The molecule has 0 heterocycles. The molecule has 1 aromatic rings. The largest absolute Gasteiger partial charge is 0.353 e. The first-order chi connectivity index (χ1) is 8.89. The number of sulfone groups is 1. The van der Waals surface area contributed by atoms with E-state index < -0.39 is 27.3 Å². The summed E-state index contributed by atoms with van der Waals surface area (Å²) in [7, 11) is -3.80. The molecule has 4 nitrogen and oxygen atoms in total. The van der Waals surface area contributed by atoms with Gasteiger partial charge in [0.05, 0.1) is 4.90 Å². The molecule has 0 atom stereocenters. The van der Waals surface area contributed by atoms with Gasteiger partial charge in [-0.25, -0.2) is 12.8 Å². The molecule has 0 aromatic heterocycles. The Morgan fingerprint density at radius 3 is 2.47 bits per heavy atom. The molecule has 0 bridgehead atoms. The van der Waals surface area contributed by atoms with Gasteiger partial charge in [0.1, 0.15) is 11.6 Å². The molecular weight excluding hydrogens is 269 g/mol. The number of carbonyl (C=O) groups excluding carboxylic acids is 1. The van der Waals surface area contributed by atoms with Crippen LogP contribution in [0, 0.1) is 5.82 Å². The average Bonchev–Trinajstić information content (AvgIpc) is 2.35. The van der Waals surface area contributed by atoms with Crippen LogP contribution in [0.3, 0.4) is 0 Å². The molecule has 0 aliphatic rings. The number of amides is 1. The Morgan fingerprint density at radius 1 is 1.32 bits per heavy atom. The second kappa shape index (κ2) is 6.65. The molecule has 0 fully saturated rings. The summed E-state index contributed by atoms with van der Waals surface area (Å²) in [5.41, 5.74) is 0. The minimum absolute atomic E-state index is 0.0322. The third kappa shape index (κ3) is 4.63. The lowest BCUT2D eigenvalue weighted by molar-refractivity contribution is -0.119. The molecular formula is C13H18FNO3S. The first-order valence-corrected chi connectivity index (χ1v) is 7.82. The maximum Gasteiger partial charge on any atom is 0.235 e. The van der Waals surface area contributed by atoms with Gasteiger partial charge in [-0.05, 0) is 31.0 Å². The third-order valence-electron chi connectivity index (χ3n) is 2.83. The van der Waals surface area contributed by atoms with Gasteiger partial charge < -0.3 is 5.32 Å². The number of halogens is 1. The van der Waals surface area contributed by atoms with Crippen molar-refractivity contribution in [1.82, 2.24) is 5.32 Å². The summed E-state index contributed by atoms with van der Waals surface area (Å²) in [6.07, 6.45) is 1.48. The van der Waals surface area contributed by atoms with E-state index in [9.17, 15) is 17.6 Å². The molecule has 1 rings (SSSR count). The van der Waals surface area contributed by atoms with E-state index in [1.165, 1.54) is 12.1 Å². The molecule has 0 spiro atoms. The molecule has 1 N–H and O–H groups in total. The fourth-order valence-corrected chi connectivity index (χ4v) is 2.85. The first kappa shape index (κ1) is 15.6. The van der Waals surface area contributed by atoms with Gasteiger partial charge in [0.2, 0.25) is 5.91 Å². The molecule has 0 saturated carbocycles. The van der Waals surface area contributed by atoms with Crippen molar-refractivity contribution in [1.29, 1.82) is 0 Å². The number of hydrogen-bond donors (Lipinski definition) is 1. The summed E-state index contributed by atoms with van der Waals surface area (Å²) in [5, 5.41) is 2.64. The van der Waals surface area contributed by atoms with Crippen LogP contribution in [0.25, 0.3) is 0 Å². The maximum atomic E-state index is 13.0. The second-order valence-corrected chi connectivity index (χ2v) is 6.29. The highest BCUT2D eigenvalue weighted by molar-refractivity contribution is 7.92. The molecule has 1 amide bonds. The smallest absolute Gasteiger partial charge is 0.235 e. The maximum absolute atomic E-state index is 13.0. The van der Waals surface area contributed by atoms with Gasteiger partial charge in [0.25, 0.3) is 0 Å². The van der Waals surface area contributed by atoms with E-state index >= 15 is 0 Å². The van der Waals surface area contributed by atoms with Gasteiger partial charge in [-0.3, -0.25) is 4.79 Å².